The van der Waals surface area contributed by atoms with Crippen LogP contribution in [-0.4, -0.2) is 24.9 Å². The summed E-state index contributed by atoms with van der Waals surface area (Å²) in [4.78, 5) is 37.8. The summed E-state index contributed by atoms with van der Waals surface area (Å²) in [5.74, 6) is -1.27. The Labute approximate surface area is 164 Å². The Morgan fingerprint density at radius 3 is 2.32 bits per heavy atom. The van der Waals surface area contributed by atoms with Gasteiger partial charge in [0, 0.05) is 5.69 Å². The number of benzene rings is 2. The van der Waals surface area contributed by atoms with E-state index in [2.05, 4.69) is 10.6 Å². The number of amides is 2. The highest BCUT2D eigenvalue weighted by molar-refractivity contribution is 6.18. The number of aryl methyl sites for hydroxylation is 2. The van der Waals surface area contributed by atoms with Crippen LogP contribution in [0.2, 0.25) is 0 Å². The van der Waals surface area contributed by atoms with Crippen molar-refractivity contribution in [2.45, 2.75) is 33.1 Å². The van der Waals surface area contributed by atoms with E-state index in [1.165, 1.54) is 7.11 Å². The van der Waals surface area contributed by atoms with Crippen LogP contribution in [0.25, 0.3) is 0 Å². The zero-order valence-corrected chi connectivity index (χ0v) is 16.3. The molecular weight excluding hydrogens is 356 g/mol. The standard InChI is InChI=1S/C22H24N2O4/c1-4-15-9-7-8-14(2)18(15)24-21(27)22(12-13-22)20(26)23-17-11-6-5-10-16(17)19(25)28-3/h5-11H,4,12-13H2,1-3H3,(H,23,26)(H,24,27). The van der Waals surface area contributed by atoms with E-state index in [-0.39, 0.29) is 11.5 Å². The molecule has 1 aliphatic carbocycles. The molecule has 0 atom stereocenters. The summed E-state index contributed by atoms with van der Waals surface area (Å²) in [6, 6.07) is 12.4. The third-order valence-corrected chi connectivity index (χ3v) is 5.18. The van der Waals surface area contributed by atoms with Gasteiger partial charge in [0.1, 0.15) is 5.41 Å². The molecule has 2 aromatic carbocycles. The predicted molar refractivity (Wildman–Crippen MR) is 107 cm³/mol. The van der Waals surface area contributed by atoms with Crippen LogP contribution in [0.1, 0.15) is 41.3 Å². The Morgan fingerprint density at radius 2 is 1.68 bits per heavy atom. The molecule has 0 aliphatic heterocycles. The van der Waals surface area contributed by atoms with Crippen molar-refractivity contribution in [2.75, 3.05) is 17.7 Å². The van der Waals surface area contributed by atoms with Crippen LogP contribution < -0.4 is 10.6 Å². The monoisotopic (exact) mass is 380 g/mol. The number of rotatable bonds is 6. The number of hydrogen-bond donors (Lipinski definition) is 2. The molecule has 2 amide bonds. The summed E-state index contributed by atoms with van der Waals surface area (Å²) >= 11 is 0. The first-order valence-corrected chi connectivity index (χ1v) is 9.31. The van der Waals surface area contributed by atoms with E-state index in [1.807, 2.05) is 32.0 Å². The Hall–Kier alpha value is -3.15. The van der Waals surface area contributed by atoms with Crippen LogP contribution in [0, 0.1) is 12.3 Å². The lowest BCUT2D eigenvalue weighted by Crippen LogP contribution is -2.36. The lowest BCUT2D eigenvalue weighted by atomic mass is 10.0. The molecule has 0 unspecified atom stereocenters. The summed E-state index contributed by atoms with van der Waals surface area (Å²) < 4.78 is 4.76. The van der Waals surface area contributed by atoms with E-state index in [4.69, 9.17) is 4.74 Å². The smallest absolute Gasteiger partial charge is 0.339 e. The molecule has 146 valence electrons. The van der Waals surface area contributed by atoms with Gasteiger partial charge in [0.05, 0.1) is 18.4 Å². The van der Waals surface area contributed by atoms with Crippen molar-refractivity contribution in [3.63, 3.8) is 0 Å². The number of esters is 1. The van der Waals surface area contributed by atoms with Crippen LogP contribution in [0.4, 0.5) is 11.4 Å². The zero-order valence-electron chi connectivity index (χ0n) is 16.3. The highest BCUT2D eigenvalue weighted by Crippen LogP contribution is 2.48. The molecule has 6 nitrogen and oxygen atoms in total. The van der Waals surface area contributed by atoms with Crippen molar-refractivity contribution in [1.29, 1.82) is 0 Å². The maximum absolute atomic E-state index is 13.0. The van der Waals surface area contributed by atoms with Crippen LogP contribution in [-0.2, 0) is 20.7 Å². The van der Waals surface area contributed by atoms with Gasteiger partial charge >= 0.3 is 5.97 Å². The molecule has 28 heavy (non-hydrogen) atoms. The number of carbonyl (C=O) groups is 3. The first-order valence-electron chi connectivity index (χ1n) is 9.31. The van der Waals surface area contributed by atoms with Gasteiger partial charge in [-0.25, -0.2) is 4.79 Å². The second-order valence-electron chi connectivity index (χ2n) is 6.99. The molecule has 2 N–H and O–H groups in total. The molecule has 0 aromatic heterocycles. The van der Waals surface area contributed by atoms with Gasteiger partial charge in [0.15, 0.2) is 0 Å². The van der Waals surface area contributed by atoms with Crippen LogP contribution in [0.3, 0.4) is 0 Å². The number of anilines is 2. The number of nitrogens with one attached hydrogen (secondary N) is 2. The largest absolute Gasteiger partial charge is 0.465 e. The number of hydrogen-bond acceptors (Lipinski definition) is 4. The average Bonchev–Trinajstić information content (AvgIpc) is 3.51. The first-order chi connectivity index (χ1) is 13.4. The van der Waals surface area contributed by atoms with Gasteiger partial charge in [-0.15, -0.1) is 0 Å². The molecule has 6 heteroatoms. The minimum absolute atomic E-state index is 0.252. The van der Waals surface area contributed by atoms with Crippen LogP contribution in [0.15, 0.2) is 42.5 Å². The van der Waals surface area contributed by atoms with Crippen molar-refractivity contribution >= 4 is 29.2 Å². The summed E-state index contributed by atoms with van der Waals surface area (Å²) in [6.07, 6.45) is 1.72. The summed E-state index contributed by atoms with van der Waals surface area (Å²) in [6.45, 7) is 3.95. The van der Waals surface area contributed by atoms with E-state index < -0.39 is 17.3 Å². The minimum Gasteiger partial charge on any atom is -0.465 e. The van der Waals surface area contributed by atoms with E-state index in [0.29, 0.717) is 18.5 Å². The van der Waals surface area contributed by atoms with Gasteiger partial charge < -0.3 is 15.4 Å². The molecule has 0 radical (unpaired) electrons. The summed E-state index contributed by atoms with van der Waals surface area (Å²) in [5, 5.41) is 5.69. The van der Waals surface area contributed by atoms with Gasteiger partial charge in [-0.05, 0) is 49.4 Å². The second kappa shape index (κ2) is 7.84. The van der Waals surface area contributed by atoms with Gasteiger partial charge in [0.25, 0.3) is 0 Å². The van der Waals surface area contributed by atoms with Crippen molar-refractivity contribution in [3.8, 4) is 0 Å². The average molecular weight is 380 g/mol. The maximum atomic E-state index is 13.0. The number of carbonyl (C=O) groups excluding carboxylic acids is 3. The van der Waals surface area contributed by atoms with E-state index in [1.54, 1.807) is 24.3 Å². The van der Waals surface area contributed by atoms with Crippen LogP contribution in [0.5, 0.6) is 0 Å². The number of para-hydroxylation sites is 2. The molecule has 0 heterocycles. The highest BCUT2D eigenvalue weighted by Gasteiger charge is 2.56. The fraction of sp³-hybridized carbons (Fsp3) is 0.318. The quantitative estimate of drug-likeness (QED) is 0.591. The predicted octanol–water partition coefficient (Wildman–Crippen LogP) is 3.70. The van der Waals surface area contributed by atoms with E-state index in [0.717, 1.165) is 23.2 Å². The summed E-state index contributed by atoms with van der Waals surface area (Å²) in [7, 11) is 1.28. The molecule has 3 rings (SSSR count). The number of methoxy groups -OCH3 is 1. The zero-order chi connectivity index (χ0) is 20.3. The Balaban J connectivity index is 1.80. The lowest BCUT2D eigenvalue weighted by Gasteiger charge is -2.19. The molecule has 0 spiro atoms. The van der Waals surface area contributed by atoms with Gasteiger partial charge in [-0.1, -0.05) is 37.3 Å². The highest BCUT2D eigenvalue weighted by atomic mass is 16.5. The van der Waals surface area contributed by atoms with Crippen LogP contribution >= 0.6 is 0 Å². The van der Waals surface area contributed by atoms with Crippen molar-refractivity contribution in [3.05, 3.63) is 59.2 Å². The third-order valence-electron chi connectivity index (χ3n) is 5.18. The first kappa shape index (κ1) is 19.6. The molecular formula is C22H24N2O4. The fourth-order valence-electron chi connectivity index (χ4n) is 3.24. The van der Waals surface area contributed by atoms with E-state index in [9.17, 15) is 14.4 Å². The van der Waals surface area contributed by atoms with Gasteiger partial charge in [0.2, 0.25) is 11.8 Å². The summed E-state index contributed by atoms with van der Waals surface area (Å²) in [5.41, 5.74) is 2.23. The molecule has 1 saturated carbocycles. The molecule has 1 aliphatic rings. The Morgan fingerprint density at radius 1 is 1.00 bits per heavy atom. The van der Waals surface area contributed by atoms with Gasteiger partial charge in [-0.3, -0.25) is 9.59 Å². The molecule has 0 saturated heterocycles. The van der Waals surface area contributed by atoms with Crippen molar-refractivity contribution < 1.29 is 19.1 Å². The molecule has 0 bridgehead atoms. The SMILES string of the molecule is CCc1cccc(C)c1NC(=O)C1(C(=O)Nc2ccccc2C(=O)OC)CC1. The topological polar surface area (TPSA) is 84.5 Å². The van der Waals surface area contributed by atoms with Crippen molar-refractivity contribution in [2.24, 2.45) is 5.41 Å². The Kier molecular flexibility index (Phi) is 5.49. The third kappa shape index (κ3) is 3.63. The van der Waals surface area contributed by atoms with E-state index >= 15 is 0 Å². The lowest BCUT2D eigenvalue weighted by molar-refractivity contribution is -0.131. The normalized spacial score (nSPS) is 14.1. The molecule has 1 fully saturated rings. The van der Waals surface area contributed by atoms with Crippen molar-refractivity contribution in [1.82, 2.24) is 0 Å². The second-order valence-corrected chi connectivity index (χ2v) is 6.99. The minimum atomic E-state index is -1.11. The fourth-order valence-corrected chi connectivity index (χ4v) is 3.24. The maximum Gasteiger partial charge on any atom is 0.339 e. The molecule has 2 aromatic rings. The Bertz CT molecular complexity index is 932. The van der Waals surface area contributed by atoms with Gasteiger partial charge in [-0.2, -0.15) is 0 Å². The number of ether oxygens (including phenoxy) is 1.